The topological polar surface area (TPSA) is 86.8 Å². The highest BCUT2D eigenvalue weighted by Crippen LogP contribution is 2.35. The molecule has 0 aromatic heterocycles. The van der Waals surface area contributed by atoms with Crippen LogP contribution in [-0.4, -0.2) is 49.4 Å². The molecule has 0 saturated carbocycles. The number of piperazine rings is 1. The molecule has 2 aromatic rings. The highest BCUT2D eigenvalue weighted by Gasteiger charge is 2.50. The van der Waals surface area contributed by atoms with Crippen molar-refractivity contribution in [1.82, 2.24) is 9.62 Å². The van der Waals surface area contributed by atoms with Crippen LogP contribution in [0.1, 0.15) is 18.1 Å². The number of nitrogens with zero attached hydrogens (tertiary/aromatic N) is 2. The largest absolute Gasteiger partial charge is 0.350 e. The number of benzene rings is 2. The molecular weight excluding hydrogens is 426 g/mol. The molecule has 1 atom stereocenters. The Kier molecular flexibility index (Phi) is 6.21. The molecule has 0 radical (unpaired) electrons. The second kappa shape index (κ2) is 8.37. The highest BCUT2D eigenvalue weighted by molar-refractivity contribution is 7.88. The van der Waals surface area contributed by atoms with E-state index in [1.807, 2.05) is 30.3 Å². The Labute approximate surface area is 181 Å². The number of nitrogens with one attached hydrogen (secondary N) is 1. The van der Waals surface area contributed by atoms with E-state index in [1.54, 1.807) is 32.0 Å². The first-order chi connectivity index (χ1) is 14.0. The highest BCUT2D eigenvalue weighted by atomic mass is 35.5. The average molecular weight is 450 g/mol. The third-order valence-electron chi connectivity index (χ3n) is 5.27. The maximum absolute atomic E-state index is 13.3. The number of carbonyl (C=O) groups excluding carboxylic acids is 2. The Bertz CT molecular complexity index is 1070. The molecule has 0 aliphatic carbocycles. The first kappa shape index (κ1) is 22.3. The van der Waals surface area contributed by atoms with Crippen LogP contribution >= 0.6 is 11.6 Å². The minimum Gasteiger partial charge on any atom is -0.350 e. The van der Waals surface area contributed by atoms with Crippen LogP contribution in [0.3, 0.4) is 0 Å². The molecule has 1 aliphatic rings. The van der Waals surface area contributed by atoms with E-state index in [2.05, 4.69) is 5.32 Å². The summed E-state index contributed by atoms with van der Waals surface area (Å²) in [6, 6.07) is 14.4. The van der Waals surface area contributed by atoms with E-state index in [4.69, 9.17) is 11.6 Å². The fourth-order valence-corrected chi connectivity index (χ4v) is 4.58. The molecule has 1 fully saturated rings. The first-order valence-corrected chi connectivity index (χ1v) is 11.6. The number of rotatable bonds is 5. The van der Waals surface area contributed by atoms with Gasteiger partial charge in [0.1, 0.15) is 5.54 Å². The summed E-state index contributed by atoms with van der Waals surface area (Å²) >= 11 is 6.25. The van der Waals surface area contributed by atoms with Gasteiger partial charge in [0.2, 0.25) is 21.8 Å². The zero-order valence-corrected chi connectivity index (χ0v) is 18.6. The summed E-state index contributed by atoms with van der Waals surface area (Å²) in [4.78, 5) is 27.8. The van der Waals surface area contributed by atoms with Crippen molar-refractivity contribution in [3.05, 3.63) is 64.7 Å². The van der Waals surface area contributed by atoms with Gasteiger partial charge in [-0.15, -0.1) is 0 Å². The summed E-state index contributed by atoms with van der Waals surface area (Å²) in [6.07, 6.45) is 1.03. The zero-order chi connectivity index (χ0) is 22.1. The summed E-state index contributed by atoms with van der Waals surface area (Å²) in [6.45, 7) is 3.08. The lowest BCUT2D eigenvalue weighted by Gasteiger charge is -2.47. The van der Waals surface area contributed by atoms with Crippen molar-refractivity contribution >= 4 is 39.1 Å². The molecule has 30 heavy (non-hydrogen) atoms. The van der Waals surface area contributed by atoms with Gasteiger partial charge in [-0.3, -0.25) is 14.5 Å². The van der Waals surface area contributed by atoms with Gasteiger partial charge >= 0.3 is 0 Å². The quantitative estimate of drug-likeness (QED) is 0.759. The van der Waals surface area contributed by atoms with Gasteiger partial charge in [0.25, 0.3) is 0 Å². The SMILES string of the molecule is Cc1c(Cl)cccc1N1C(=O)CN(S(C)(=O)=O)C[C@]1(C)C(=O)NCc1ccccc1. The molecular formula is C21H24ClN3O4S. The molecule has 160 valence electrons. The van der Waals surface area contributed by atoms with Crippen molar-refractivity contribution < 1.29 is 18.0 Å². The van der Waals surface area contributed by atoms with Crippen molar-refractivity contribution in [2.75, 3.05) is 24.2 Å². The van der Waals surface area contributed by atoms with Gasteiger partial charge in [0.15, 0.2) is 0 Å². The van der Waals surface area contributed by atoms with Crippen LogP contribution in [0.4, 0.5) is 5.69 Å². The smallest absolute Gasteiger partial charge is 0.247 e. The lowest BCUT2D eigenvalue weighted by molar-refractivity contribution is -0.133. The lowest BCUT2D eigenvalue weighted by atomic mass is 9.93. The molecule has 2 amide bonds. The number of sulfonamides is 1. The number of amides is 2. The average Bonchev–Trinajstić information content (AvgIpc) is 2.68. The Morgan fingerprint density at radius 3 is 2.47 bits per heavy atom. The van der Waals surface area contributed by atoms with E-state index in [1.165, 1.54) is 4.90 Å². The summed E-state index contributed by atoms with van der Waals surface area (Å²) in [5, 5.41) is 3.30. The normalized spacial score (nSPS) is 20.3. The summed E-state index contributed by atoms with van der Waals surface area (Å²) in [5.41, 5.74) is 0.560. The molecule has 3 rings (SSSR count). The van der Waals surface area contributed by atoms with Crippen molar-refractivity contribution in [2.45, 2.75) is 25.9 Å². The lowest BCUT2D eigenvalue weighted by Crippen LogP contribution is -2.70. The van der Waals surface area contributed by atoms with E-state index in [0.717, 1.165) is 16.1 Å². The second-order valence-corrected chi connectivity index (χ2v) is 9.98. The Balaban J connectivity index is 2.01. The Morgan fingerprint density at radius 2 is 1.83 bits per heavy atom. The van der Waals surface area contributed by atoms with Gasteiger partial charge in [0, 0.05) is 23.8 Å². The van der Waals surface area contributed by atoms with Gasteiger partial charge in [-0.05, 0) is 37.1 Å². The molecule has 0 unspecified atom stereocenters. The molecule has 2 aromatic carbocycles. The zero-order valence-electron chi connectivity index (χ0n) is 17.1. The number of hydrogen-bond donors (Lipinski definition) is 1. The van der Waals surface area contributed by atoms with Gasteiger partial charge in [-0.2, -0.15) is 4.31 Å². The minimum atomic E-state index is -3.67. The van der Waals surface area contributed by atoms with Crippen LogP contribution in [-0.2, 0) is 26.2 Å². The van der Waals surface area contributed by atoms with Crippen molar-refractivity contribution in [1.29, 1.82) is 0 Å². The van der Waals surface area contributed by atoms with Gasteiger partial charge in [-0.25, -0.2) is 8.42 Å². The van der Waals surface area contributed by atoms with Crippen molar-refractivity contribution in [3.8, 4) is 0 Å². The predicted octanol–water partition coefficient (Wildman–Crippen LogP) is 2.33. The van der Waals surface area contributed by atoms with Gasteiger partial charge in [0.05, 0.1) is 12.8 Å². The van der Waals surface area contributed by atoms with Crippen LogP contribution in [0, 0.1) is 6.92 Å². The molecule has 0 spiro atoms. The molecule has 9 heteroatoms. The maximum atomic E-state index is 13.3. The summed E-state index contributed by atoms with van der Waals surface area (Å²) in [7, 11) is -3.67. The standard InChI is InChI=1S/C21H24ClN3O4S/c1-15-17(22)10-7-11-18(15)25-19(26)13-24(30(3,28)29)14-21(25,2)20(27)23-12-16-8-5-4-6-9-16/h4-11H,12-14H2,1-3H3,(H,23,27)/t21-/m1/s1. The minimum absolute atomic E-state index is 0.163. The maximum Gasteiger partial charge on any atom is 0.247 e. The number of carbonyl (C=O) groups is 2. The number of anilines is 1. The third-order valence-corrected chi connectivity index (χ3v) is 6.88. The fourth-order valence-electron chi connectivity index (χ4n) is 3.58. The van der Waals surface area contributed by atoms with E-state index >= 15 is 0 Å². The van der Waals surface area contributed by atoms with Crippen LogP contribution in [0.5, 0.6) is 0 Å². The number of halogens is 1. The molecule has 7 nitrogen and oxygen atoms in total. The van der Waals surface area contributed by atoms with Crippen molar-refractivity contribution in [2.24, 2.45) is 0 Å². The molecule has 1 N–H and O–H groups in total. The first-order valence-electron chi connectivity index (χ1n) is 9.39. The van der Waals surface area contributed by atoms with E-state index in [9.17, 15) is 18.0 Å². The van der Waals surface area contributed by atoms with Gasteiger partial charge in [-0.1, -0.05) is 48.0 Å². The predicted molar refractivity (Wildman–Crippen MR) is 117 cm³/mol. The number of hydrogen-bond acceptors (Lipinski definition) is 4. The van der Waals surface area contributed by atoms with Gasteiger partial charge < -0.3 is 5.32 Å². The van der Waals surface area contributed by atoms with Crippen LogP contribution in [0.2, 0.25) is 5.02 Å². The second-order valence-electron chi connectivity index (χ2n) is 7.59. The molecule has 0 bridgehead atoms. The van der Waals surface area contributed by atoms with Crippen molar-refractivity contribution in [3.63, 3.8) is 0 Å². The van der Waals surface area contributed by atoms with E-state index < -0.39 is 27.4 Å². The molecule has 1 saturated heterocycles. The van der Waals surface area contributed by atoms with E-state index in [-0.39, 0.29) is 19.6 Å². The summed E-state index contributed by atoms with van der Waals surface area (Å²) in [5.74, 6) is -0.943. The fraction of sp³-hybridized carbons (Fsp3) is 0.333. The molecule has 1 aliphatic heterocycles. The van der Waals surface area contributed by atoms with E-state index in [0.29, 0.717) is 16.3 Å². The van der Waals surface area contributed by atoms with Crippen LogP contribution < -0.4 is 10.2 Å². The summed E-state index contributed by atoms with van der Waals surface area (Å²) < 4.78 is 25.4. The van der Waals surface area contributed by atoms with Crippen LogP contribution in [0.25, 0.3) is 0 Å². The van der Waals surface area contributed by atoms with Crippen LogP contribution in [0.15, 0.2) is 48.5 Å². The Hall–Kier alpha value is -2.42. The Morgan fingerprint density at radius 1 is 1.17 bits per heavy atom. The molecule has 1 heterocycles. The monoisotopic (exact) mass is 449 g/mol. The third kappa shape index (κ3) is 4.35.